The number of nitrogens with zero attached hydrogens (tertiary/aromatic N) is 4. The Morgan fingerprint density at radius 3 is 2.43 bits per heavy atom. The molecule has 0 saturated carbocycles. The van der Waals surface area contributed by atoms with Gasteiger partial charge in [-0.3, -0.25) is 4.99 Å². The van der Waals surface area contributed by atoms with E-state index >= 15 is 0 Å². The second kappa shape index (κ2) is 11.3. The lowest BCUT2D eigenvalue weighted by Gasteiger charge is -2.35. The van der Waals surface area contributed by atoms with E-state index in [1.165, 1.54) is 4.31 Å². The molecule has 162 valence electrons. The molecule has 0 spiro atoms. The highest BCUT2D eigenvalue weighted by Gasteiger charge is 2.28. The van der Waals surface area contributed by atoms with Gasteiger partial charge in [-0.15, -0.1) is 24.0 Å². The summed E-state index contributed by atoms with van der Waals surface area (Å²) >= 11 is 0. The zero-order valence-corrected chi connectivity index (χ0v) is 20.4. The minimum atomic E-state index is -3.30. The Morgan fingerprint density at radius 1 is 1.29 bits per heavy atom. The number of piperazine rings is 1. The fraction of sp³-hybridized carbons (Fsp3) is 0.765. The Balaban J connectivity index is 0.00000392. The SMILES string of the molecule is CN=C(NCc1nc(C)c(C)o1)N1CCN(S(=O)(=O)CCOC(C)C)CC1.I. The predicted molar refractivity (Wildman–Crippen MR) is 120 cm³/mol. The molecular weight excluding hydrogens is 497 g/mol. The van der Waals surface area contributed by atoms with E-state index in [9.17, 15) is 8.42 Å². The van der Waals surface area contributed by atoms with E-state index in [0.717, 1.165) is 11.5 Å². The Labute approximate surface area is 185 Å². The van der Waals surface area contributed by atoms with Gasteiger partial charge in [0.1, 0.15) is 5.76 Å². The minimum Gasteiger partial charge on any atom is -0.444 e. The fourth-order valence-corrected chi connectivity index (χ4v) is 4.08. The third-order valence-corrected chi connectivity index (χ3v) is 6.24. The number of sulfonamides is 1. The van der Waals surface area contributed by atoms with Gasteiger partial charge in [-0.1, -0.05) is 0 Å². The highest BCUT2D eigenvalue weighted by molar-refractivity contribution is 14.0. The van der Waals surface area contributed by atoms with Crippen LogP contribution in [0.3, 0.4) is 0 Å². The molecule has 1 aliphatic rings. The van der Waals surface area contributed by atoms with Crippen LogP contribution in [0.5, 0.6) is 0 Å². The smallest absolute Gasteiger partial charge is 0.216 e. The van der Waals surface area contributed by atoms with Gasteiger partial charge in [-0.05, 0) is 27.7 Å². The number of nitrogens with one attached hydrogen (secondary N) is 1. The first kappa shape index (κ1) is 25.1. The molecule has 0 atom stereocenters. The van der Waals surface area contributed by atoms with Crippen molar-refractivity contribution < 1.29 is 17.6 Å². The van der Waals surface area contributed by atoms with Crippen molar-refractivity contribution in [1.82, 2.24) is 19.5 Å². The number of aromatic nitrogens is 1. The summed E-state index contributed by atoms with van der Waals surface area (Å²) in [5, 5.41) is 3.23. The van der Waals surface area contributed by atoms with Crippen molar-refractivity contribution in [2.24, 2.45) is 4.99 Å². The maximum atomic E-state index is 12.4. The average Bonchev–Trinajstić information content (AvgIpc) is 2.93. The van der Waals surface area contributed by atoms with Crippen molar-refractivity contribution in [3.63, 3.8) is 0 Å². The van der Waals surface area contributed by atoms with E-state index in [4.69, 9.17) is 9.15 Å². The van der Waals surface area contributed by atoms with E-state index in [1.54, 1.807) is 7.05 Å². The fourth-order valence-electron chi connectivity index (χ4n) is 2.80. The molecule has 1 fully saturated rings. The molecule has 0 unspecified atom stereocenters. The lowest BCUT2D eigenvalue weighted by Crippen LogP contribution is -2.54. The Bertz CT molecular complexity index is 723. The monoisotopic (exact) mass is 529 g/mol. The quantitative estimate of drug-likeness (QED) is 0.324. The summed E-state index contributed by atoms with van der Waals surface area (Å²) in [6.07, 6.45) is 0.0303. The summed E-state index contributed by atoms with van der Waals surface area (Å²) in [7, 11) is -1.59. The largest absolute Gasteiger partial charge is 0.444 e. The molecular formula is C17H32IN5O4S. The van der Waals surface area contributed by atoms with E-state index < -0.39 is 10.0 Å². The summed E-state index contributed by atoms with van der Waals surface area (Å²) in [5.41, 5.74) is 0.877. The van der Waals surface area contributed by atoms with Gasteiger partial charge in [0.05, 0.1) is 30.7 Å². The van der Waals surface area contributed by atoms with Gasteiger partial charge in [0, 0.05) is 33.2 Å². The second-order valence-corrected chi connectivity index (χ2v) is 8.86. The summed E-state index contributed by atoms with van der Waals surface area (Å²) in [4.78, 5) is 10.7. The van der Waals surface area contributed by atoms with Crippen LogP contribution in [-0.2, 0) is 21.3 Å². The van der Waals surface area contributed by atoms with Gasteiger partial charge in [0.15, 0.2) is 5.96 Å². The van der Waals surface area contributed by atoms with Gasteiger partial charge in [-0.25, -0.2) is 13.4 Å². The molecule has 2 rings (SSSR count). The molecule has 1 N–H and O–H groups in total. The summed E-state index contributed by atoms with van der Waals surface area (Å²) in [6.45, 7) is 10.3. The van der Waals surface area contributed by atoms with E-state index in [0.29, 0.717) is 44.6 Å². The summed E-state index contributed by atoms with van der Waals surface area (Å²) in [5.74, 6) is 2.14. The van der Waals surface area contributed by atoms with Gasteiger partial charge < -0.3 is 19.4 Å². The third-order valence-electron chi connectivity index (χ3n) is 4.41. The van der Waals surface area contributed by atoms with Crippen molar-refractivity contribution in [2.45, 2.75) is 40.3 Å². The van der Waals surface area contributed by atoms with Gasteiger partial charge in [0.25, 0.3) is 0 Å². The molecule has 0 aromatic carbocycles. The number of rotatable bonds is 7. The summed E-state index contributed by atoms with van der Waals surface area (Å²) < 4.78 is 37.3. The van der Waals surface area contributed by atoms with Crippen molar-refractivity contribution in [2.75, 3.05) is 45.6 Å². The molecule has 2 heterocycles. The molecule has 1 aliphatic heterocycles. The lowest BCUT2D eigenvalue weighted by molar-refractivity contribution is 0.0904. The van der Waals surface area contributed by atoms with Crippen LogP contribution in [0.4, 0.5) is 0 Å². The molecule has 1 aromatic rings. The normalized spacial score (nSPS) is 16.4. The Kier molecular flexibility index (Phi) is 10.1. The van der Waals surface area contributed by atoms with Crippen LogP contribution < -0.4 is 5.32 Å². The van der Waals surface area contributed by atoms with Gasteiger partial charge in [0.2, 0.25) is 15.9 Å². The number of ether oxygens (including phenoxy) is 1. The number of hydrogen-bond donors (Lipinski definition) is 1. The van der Waals surface area contributed by atoms with Crippen molar-refractivity contribution in [1.29, 1.82) is 0 Å². The summed E-state index contributed by atoms with van der Waals surface area (Å²) in [6, 6.07) is 0. The van der Waals surface area contributed by atoms with Crippen LogP contribution in [0.2, 0.25) is 0 Å². The van der Waals surface area contributed by atoms with E-state index in [2.05, 4.69) is 15.3 Å². The van der Waals surface area contributed by atoms with Crippen molar-refractivity contribution in [3.8, 4) is 0 Å². The standard InChI is InChI=1S/C17H31N5O4S.HI/c1-13(2)25-10-11-27(23,24)22-8-6-21(7-9-22)17(18-5)19-12-16-20-14(3)15(4)26-16;/h13H,6-12H2,1-5H3,(H,18,19);1H. The maximum Gasteiger partial charge on any atom is 0.216 e. The topological polar surface area (TPSA) is 100 Å². The molecule has 0 radical (unpaired) electrons. The third kappa shape index (κ3) is 7.16. The Morgan fingerprint density at radius 2 is 1.93 bits per heavy atom. The molecule has 9 nitrogen and oxygen atoms in total. The maximum absolute atomic E-state index is 12.4. The van der Waals surface area contributed by atoms with E-state index in [1.807, 2.05) is 32.6 Å². The van der Waals surface area contributed by atoms with Crippen LogP contribution >= 0.6 is 24.0 Å². The van der Waals surface area contributed by atoms with Gasteiger partial charge in [-0.2, -0.15) is 4.31 Å². The number of halogens is 1. The highest BCUT2D eigenvalue weighted by Crippen LogP contribution is 2.10. The molecule has 0 amide bonds. The number of hydrogen-bond acceptors (Lipinski definition) is 6. The molecule has 1 aromatic heterocycles. The number of aryl methyl sites for hydroxylation is 2. The number of guanidine groups is 1. The second-order valence-electron chi connectivity index (χ2n) is 6.77. The lowest BCUT2D eigenvalue weighted by atomic mass is 10.4. The minimum absolute atomic E-state index is 0. The van der Waals surface area contributed by atoms with Crippen molar-refractivity contribution >= 4 is 40.0 Å². The molecule has 11 heteroatoms. The number of aliphatic imine (C=N–C) groups is 1. The first-order valence-corrected chi connectivity index (χ1v) is 10.8. The zero-order valence-electron chi connectivity index (χ0n) is 17.3. The van der Waals surface area contributed by atoms with E-state index in [-0.39, 0.29) is 42.4 Å². The average molecular weight is 529 g/mol. The molecule has 28 heavy (non-hydrogen) atoms. The van der Waals surface area contributed by atoms with Crippen LogP contribution in [-0.4, -0.2) is 80.3 Å². The van der Waals surface area contributed by atoms with Gasteiger partial charge >= 0.3 is 0 Å². The molecule has 0 bridgehead atoms. The van der Waals surface area contributed by atoms with Crippen LogP contribution in [0.25, 0.3) is 0 Å². The first-order valence-electron chi connectivity index (χ1n) is 9.21. The van der Waals surface area contributed by atoms with Crippen LogP contribution in [0.1, 0.15) is 31.2 Å². The number of oxazole rings is 1. The zero-order chi connectivity index (χ0) is 20.0. The van der Waals surface area contributed by atoms with Crippen LogP contribution in [0.15, 0.2) is 9.41 Å². The molecule has 0 aliphatic carbocycles. The molecule has 1 saturated heterocycles. The highest BCUT2D eigenvalue weighted by atomic mass is 127. The first-order chi connectivity index (χ1) is 12.7. The Hall–Kier alpha value is -0.920. The van der Waals surface area contributed by atoms with Crippen LogP contribution in [0, 0.1) is 13.8 Å². The van der Waals surface area contributed by atoms with Crippen molar-refractivity contribution in [3.05, 3.63) is 17.3 Å². The predicted octanol–water partition coefficient (Wildman–Crippen LogP) is 1.36.